The highest BCUT2D eigenvalue weighted by Gasteiger charge is 2.30. The molecule has 1 saturated heterocycles. The van der Waals surface area contributed by atoms with Crippen molar-refractivity contribution < 1.29 is 14.4 Å². The van der Waals surface area contributed by atoms with Crippen LogP contribution >= 0.6 is 0 Å². The van der Waals surface area contributed by atoms with Crippen LogP contribution < -0.4 is 0 Å². The molecule has 1 unspecified atom stereocenters. The zero-order chi connectivity index (χ0) is 17.8. The number of aliphatic hydroxyl groups is 1. The van der Waals surface area contributed by atoms with Crippen molar-refractivity contribution in [3.05, 3.63) is 41.7 Å². The molecule has 1 fully saturated rings. The predicted octanol–water partition coefficient (Wildman–Crippen LogP) is 2.18. The Hall–Kier alpha value is -2.18. The van der Waals surface area contributed by atoms with Gasteiger partial charge in [0.25, 0.3) is 5.91 Å². The van der Waals surface area contributed by atoms with E-state index in [1.807, 2.05) is 35.2 Å². The number of aryl methyl sites for hydroxylation is 1. The average Bonchev–Trinajstić information content (AvgIpc) is 3.05. The van der Waals surface area contributed by atoms with Gasteiger partial charge in [0.2, 0.25) is 0 Å². The summed E-state index contributed by atoms with van der Waals surface area (Å²) < 4.78 is 5.32. The molecule has 134 valence electrons. The first-order valence-electron chi connectivity index (χ1n) is 8.81. The fourth-order valence-electron chi connectivity index (χ4n) is 3.37. The Bertz CT molecular complexity index is 702. The molecule has 6 heteroatoms. The molecule has 1 aromatic heterocycles. The Labute approximate surface area is 148 Å². The number of piperazine rings is 1. The summed E-state index contributed by atoms with van der Waals surface area (Å²) in [5.41, 5.74) is 2.04. The molecule has 0 bridgehead atoms. The van der Waals surface area contributed by atoms with Crippen molar-refractivity contribution in [1.82, 2.24) is 15.0 Å². The molecule has 6 nitrogen and oxygen atoms in total. The largest absolute Gasteiger partial charge is 0.395 e. The molecular formula is C19H25N3O3. The molecule has 0 spiro atoms. The summed E-state index contributed by atoms with van der Waals surface area (Å²) in [7, 11) is 0. The lowest BCUT2D eigenvalue weighted by atomic mass is 10.0. The van der Waals surface area contributed by atoms with Gasteiger partial charge in [-0.25, -0.2) is 0 Å². The number of carbonyl (C=O) groups excluding carboxylic acids is 1. The van der Waals surface area contributed by atoms with Crippen LogP contribution in [0.4, 0.5) is 0 Å². The normalized spacial score (nSPS) is 16.8. The summed E-state index contributed by atoms with van der Waals surface area (Å²) in [6, 6.07) is 9.81. The monoisotopic (exact) mass is 343 g/mol. The molecule has 0 radical (unpaired) electrons. The van der Waals surface area contributed by atoms with Gasteiger partial charge in [-0.3, -0.25) is 9.69 Å². The van der Waals surface area contributed by atoms with Crippen molar-refractivity contribution in [2.45, 2.75) is 26.3 Å². The Morgan fingerprint density at radius 2 is 1.92 bits per heavy atom. The first-order valence-corrected chi connectivity index (χ1v) is 8.81. The molecule has 2 aromatic rings. The summed E-state index contributed by atoms with van der Waals surface area (Å²) in [6.45, 7) is 6.86. The molecule has 25 heavy (non-hydrogen) atoms. The average molecular weight is 343 g/mol. The lowest BCUT2D eigenvalue weighted by Crippen LogP contribution is -2.52. The molecule has 0 saturated carbocycles. The molecule has 1 amide bonds. The maximum atomic E-state index is 13.0. The molecule has 3 rings (SSSR count). The number of aromatic nitrogens is 1. The lowest BCUT2D eigenvalue weighted by molar-refractivity contribution is 0.0471. The van der Waals surface area contributed by atoms with E-state index in [9.17, 15) is 9.90 Å². The van der Waals surface area contributed by atoms with E-state index >= 15 is 0 Å². The highest BCUT2D eigenvalue weighted by Crippen LogP contribution is 2.26. The minimum Gasteiger partial charge on any atom is -0.395 e. The van der Waals surface area contributed by atoms with Crippen LogP contribution in [0.15, 0.2) is 34.9 Å². The number of carbonyl (C=O) groups is 1. The Morgan fingerprint density at radius 1 is 1.24 bits per heavy atom. The summed E-state index contributed by atoms with van der Waals surface area (Å²) in [5.74, 6) is 0.516. The van der Waals surface area contributed by atoms with E-state index in [1.54, 1.807) is 6.92 Å². The van der Waals surface area contributed by atoms with Gasteiger partial charge in [-0.05, 0) is 13.3 Å². The Balaban J connectivity index is 1.76. The first kappa shape index (κ1) is 17.6. The van der Waals surface area contributed by atoms with E-state index in [4.69, 9.17) is 4.52 Å². The Kier molecular flexibility index (Phi) is 5.50. The molecule has 1 N–H and O–H groups in total. The van der Waals surface area contributed by atoms with Crippen LogP contribution in [0.2, 0.25) is 0 Å². The smallest absolute Gasteiger partial charge is 0.259 e. The zero-order valence-corrected chi connectivity index (χ0v) is 14.8. The summed E-state index contributed by atoms with van der Waals surface area (Å²) >= 11 is 0. The quantitative estimate of drug-likeness (QED) is 0.901. The minimum absolute atomic E-state index is 0.0331. The first-order chi connectivity index (χ1) is 12.2. The van der Waals surface area contributed by atoms with Crippen molar-refractivity contribution in [3.8, 4) is 11.3 Å². The topological polar surface area (TPSA) is 69.8 Å². The fraction of sp³-hybridized carbons (Fsp3) is 0.474. The van der Waals surface area contributed by atoms with Gasteiger partial charge < -0.3 is 14.5 Å². The number of hydrogen-bond donors (Lipinski definition) is 1. The molecule has 1 aliphatic rings. The minimum atomic E-state index is -0.0331. The third kappa shape index (κ3) is 3.60. The molecule has 1 atom stereocenters. The van der Waals surface area contributed by atoms with E-state index in [-0.39, 0.29) is 18.6 Å². The second kappa shape index (κ2) is 7.80. The maximum Gasteiger partial charge on any atom is 0.259 e. The Morgan fingerprint density at radius 3 is 2.52 bits per heavy atom. The van der Waals surface area contributed by atoms with Crippen molar-refractivity contribution in [1.29, 1.82) is 0 Å². The van der Waals surface area contributed by atoms with Gasteiger partial charge in [-0.2, -0.15) is 0 Å². The third-order valence-corrected chi connectivity index (χ3v) is 4.92. The van der Waals surface area contributed by atoms with Gasteiger partial charge in [-0.1, -0.05) is 42.4 Å². The van der Waals surface area contributed by atoms with E-state index in [2.05, 4.69) is 17.0 Å². The van der Waals surface area contributed by atoms with Gasteiger partial charge in [0.05, 0.1) is 6.61 Å². The van der Waals surface area contributed by atoms with E-state index < -0.39 is 0 Å². The fourth-order valence-corrected chi connectivity index (χ4v) is 3.37. The number of rotatable bonds is 5. The van der Waals surface area contributed by atoms with Gasteiger partial charge >= 0.3 is 0 Å². The van der Waals surface area contributed by atoms with Crippen LogP contribution in [0.3, 0.4) is 0 Å². The van der Waals surface area contributed by atoms with E-state index in [0.29, 0.717) is 30.1 Å². The van der Waals surface area contributed by atoms with Crippen LogP contribution in [-0.2, 0) is 0 Å². The second-order valence-corrected chi connectivity index (χ2v) is 6.40. The van der Waals surface area contributed by atoms with E-state index in [0.717, 1.165) is 25.1 Å². The number of amides is 1. The third-order valence-electron chi connectivity index (χ3n) is 4.92. The SMILES string of the molecule is CCC(CO)N1CCN(C(=O)c2c(-c3ccccc3)noc2C)CC1. The van der Waals surface area contributed by atoms with Gasteiger partial charge in [0.15, 0.2) is 0 Å². The number of benzene rings is 1. The van der Waals surface area contributed by atoms with Gasteiger partial charge in [0.1, 0.15) is 17.0 Å². The highest BCUT2D eigenvalue weighted by atomic mass is 16.5. The number of aliphatic hydroxyl groups excluding tert-OH is 1. The van der Waals surface area contributed by atoms with Crippen LogP contribution in [0.25, 0.3) is 11.3 Å². The summed E-state index contributed by atoms with van der Waals surface area (Å²) in [5, 5.41) is 13.6. The zero-order valence-electron chi connectivity index (χ0n) is 14.8. The molecule has 2 heterocycles. The van der Waals surface area contributed by atoms with Crippen LogP contribution in [0.5, 0.6) is 0 Å². The second-order valence-electron chi connectivity index (χ2n) is 6.40. The van der Waals surface area contributed by atoms with Crippen LogP contribution in [-0.4, -0.2) is 64.8 Å². The van der Waals surface area contributed by atoms with E-state index in [1.165, 1.54) is 0 Å². The molecular weight excluding hydrogens is 318 g/mol. The van der Waals surface area contributed by atoms with Crippen LogP contribution in [0.1, 0.15) is 29.5 Å². The number of nitrogens with zero attached hydrogens (tertiary/aromatic N) is 3. The standard InChI is InChI=1S/C19H25N3O3/c1-3-16(13-23)21-9-11-22(12-10-21)19(24)17-14(2)25-20-18(17)15-7-5-4-6-8-15/h4-8,16,23H,3,9-13H2,1-2H3. The lowest BCUT2D eigenvalue weighted by Gasteiger charge is -2.38. The highest BCUT2D eigenvalue weighted by molar-refractivity contribution is 6.00. The summed E-state index contributed by atoms with van der Waals surface area (Å²) in [4.78, 5) is 17.2. The van der Waals surface area contributed by atoms with Crippen molar-refractivity contribution in [2.24, 2.45) is 0 Å². The molecule has 0 aliphatic carbocycles. The maximum absolute atomic E-state index is 13.0. The van der Waals surface area contributed by atoms with Crippen molar-refractivity contribution in [2.75, 3.05) is 32.8 Å². The van der Waals surface area contributed by atoms with Crippen LogP contribution in [0, 0.1) is 6.92 Å². The molecule has 1 aromatic carbocycles. The summed E-state index contributed by atoms with van der Waals surface area (Å²) in [6.07, 6.45) is 0.910. The van der Waals surface area contributed by atoms with Gasteiger partial charge in [-0.15, -0.1) is 0 Å². The van der Waals surface area contributed by atoms with Crippen molar-refractivity contribution in [3.63, 3.8) is 0 Å². The number of hydrogen-bond acceptors (Lipinski definition) is 5. The molecule has 1 aliphatic heterocycles. The van der Waals surface area contributed by atoms with Crippen molar-refractivity contribution >= 4 is 5.91 Å². The predicted molar refractivity (Wildman–Crippen MR) is 95.3 cm³/mol. The van der Waals surface area contributed by atoms with Gasteiger partial charge in [0, 0.05) is 37.8 Å².